The van der Waals surface area contributed by atoms with Gasteiger partial charge in [-0.2, -0.15) is 0 Å². The van der Waals surface area contributed by atoms with Crippen molar-refractivity contribution in [1.82, 2.24) is 0 Å². The van der Waals surface area contributed by atoms with Gasteiger partial charge in [0.15, 0.2) is 0 Å². The van der Waals surface area contributed by atoms with Crippen LogP contribution in [0.2, 0.25) is 0 Å². The van der Waals surface area contributed by atoms with Crippen molar-refractivity contribution in [1.29, 1.82) is 0 Å². The third-order valence-electron chi connectivity index (χ3n) is 5.80. The number of fused-ring (bicyclic) bond motifs is 2. The van der Waals surface area contributed by atoms with Crippen LogP contribution in [0, 0.1) is 23.7 Å². The van der Waals surface area contributed by atoms with Gasteiger partial charge < -0.3 is 19.6 Å². The van der Waals surface area contributed by atoms with E-state index in [4.69, 9.17) is 9.15 Å². The van der Waals surface area contributed by atoms with Crippen molar-refractivity contribution in [2.75, 3.05) is 11.9 Å². The maximum absolute atomic E-state index is 13.0. The summed E-state index contributed by atoms with van der Waals surface area (Å²) in [6.45, 7) is 1.91. The smallest absolute Gasteiger partial charge is 0.341 e. The highest BCUT2D eigenvalue weighted by Gasteiger charge is 2.54. The first kappa shape index (κ1) is 18.7. The summed E-state index contributed by atoms with van der Waals surface area (Å²) in [4.78, 5) is 37.3. The largest absolute Gasteiger partial charge is 0.481 e. The third kappa shape index (κ3) is 3.11. The van der Waals surface area contributed by atoms with Crippen LogP contribution in [0.1, 0.15) is 36.5 Å². The number of hydrogen-bond donors (Lipinski definition) is 2. The molecule has 1 amide bonds. The normalized spacial score (nSPS) is 25.6. The van der Waals surface area contributed by atoms with Gasteiger partial charge in [-0.15, -0.1) is 11.3 Å². The molecule has 2 bridgehead atoms. The van der Waals surface area contributed by atoms with E-state index in [9.17, 15) is 19.5 Å². The zero-order chi connectivity index (χ0) is 19.8. The highest BCUT2D eigenvalue weighted by atomic mass is 32.1. The lowest BCUT2D eigenvalue weighted by molar-refractivity contribution is -0.148. The van der Waals surface area contributed by atoms with Gasteiger partial charge in [-0.3, -0.25) is 9.59 Å². The Balaban J connectivity index is 1.63. The van der Waals surface area contributed by atoms with Crippen LogP contribution >= 0.6 is 11.3 Å². The van der Waals surface area contributed by atoms with Gasteiger partial charge in [0, 0.05) is 10.9 Å². The predicted molar refractivity (Wildman–Crippen MR) is 102 cm³/mol. The second-order valence-corrected chi connectivity index (χ2v) is 8.14. The van der Waals surface area contributed by atoms with Crippen molar-refractivity contribution in [3.05, 3.63) is 29.3 Å². The molecular weight excluding hydrogens is 382 g/mol. The van der Waals surface area contributed by atoms with E-state index in [0.717, 1.165) is 19.3 Å². The lowest BCUT2D eigenvalue weighted by atomic mass is 9.79. The molecule has 28 heavy (non-hydrogen) atoms. The lowest BCUT2D eigenvalue weighted by Crippen LogP contribution is -2.37. The Hall–Kier alpha value is -2.61. The average molecular weight is 403 g/mol. The summed E-state index contributed by atoms with van der Waals surface area (Å²) < 4.78 is 10.6. The van der Waals surface area contributed by atoms with E-state index in [1.165, 1.54) is 17.6 Å². The number of amides is 1. The van der Waals surface area contributed by atoms with Crippen LogP contribution < -0.4 is 5.32 Å². The van der Waals surface area contributed by atoms with Crippen molar-refractivity contribution in [2.24, 2.45) is 23.7 Å². The first-order valence-corrected chi connectivity index (χ1v) is 10.2. The van der Waals surface area contributed by atoms with Crippen LogP contribution in [0.25, 0.3) is 11.3 Å². The van der Waals surface area contributed by atoms with Gasteiger partial charge in [0.05, 0.1) is 24.7 Å². The molecule has 4 rings (SSSR count). The monoisotopic (exact) mass is 403 g/mol. The molecule has 8 heteroatoms. The van der Waals surface area contributed by atoms with Crippen molar-refractivity contribution < 1.29 is 28.6 Å². The van der Waals surface area contributed by atoms with Crippen molar-refractivity contribution in [3.63, 3.8) is 0 Å². The highest BCUT2D eigenvalue weighted by molar-refractivity contribution is 7.15. The molecule has 148 valence electrons. The summed E-state index contributed by atoms with van der Waals surface area (Å²) in [6.07, 6.45) is 4.02. The SMILES string of the molecule is CCOC(=O)c1c(-c2ccco2)csc1NC(=O)C1C2CCC(C2)C1C(=O)O. The Bertz CT molecular complexity index is 902. The molecule has 2 aliphatic rings. The Morgan fingerprint density at radius 2 is 2.04 bits per heavy atom. The molecule has 2 saturated carbocycles. The number of carboxylic acids is 1. The Morgan fingerprint density at radius 1 is 1.29 bits per heavy atom. The number of carboxylic acid groups (broad SMARTS) is 1. The Labute approximate surface area is 165 Å². The molecule has 7 nitrogen and oxygen atoms in total. The molecule has 0 aliphatic heterocycles. The molecule has 4 atom stereocenters. The quantitative estimate of drug-likeness (QED) is 0.709. The molecule has 4 unspecified atom stereocenters. The molecule has 2 aromatic rings. The first-order chi connectivity index (χ1) is 13.5. The minimum atomic E-state index is -0.916. The predicted octanol–water partition coefficient (Wildman–Crippen LogP) is 3.87. The minimum absolute atomic E-state index is 0.0600. The lowest BCUT2D eigenvalue weighted by Gasteiger charge is -2.26. The molecule has 0 aromatic carbocycles. The zero-order valence-electron chi connectivity index (χ0n) is 15.3. The van der Waals surface area contributed by atoms with Gasteiger partial charge in [0.2, 0.25) is 5.91 Å². The third-order valence-corrected chi connectivity index (χ3v) is 6.69. The molecule has 2 aliphatic carbocycles. The summed E-state index contributed by atoms with van der Waals surface area (Å²) >= 11 is 1.21. The molecule has 0 saturated heterocycles. The topological polar surface area (TPSA) is 106 Å². The van der Waals surface area contributed by atoms with Gasteiger partial charge in [0.25, 0.3) is 0 Å². The van der Waals surface area contributed by atoms with Crippen LogP contribution in [-0.4, -0.2) is 29.6 Å². The number of aliphatic carboxylic acids is 1. The molecule has 2 fully saturated rings. The number of thiophene rings is 1. The van der Waals surface area contributed by atoms with Crippen molar-refractivity contribution >= 4 is 34.2 Å². The van der Waals surface area contributed by atoms with Crippen LogP contribution in [0.5, 0.6) is 0 Å². The molecule has 0 spiro atoms. The van der Waals surface area contributed by atoms with Gasteiger partial charge in [0.1, 0.15) is 16.3 Å². The number of ether oxygens (including phenoxy) is 1. The van der Waals surface area contributed by atoms with E-state index in [1.807, 2.05) is 0 Å². The first-order valence-electron chi connectivity index (χ1n) is 9.37. The van der Waals surface area contributed by atoms with Gasteiger partial charge >= 0.3 is 11.9 Å². The van der Waals surface area contributed by atoms with Crippen LogP contribution in [-0.2, 0) is 14.3 Å². The standard InChI is InChI=1S/C20H21NO6S/c1-2-26-20(25)16-12(13-4-3-7-27-13)9-28-18(16)21-17(22)14-10-5-6-11(8-10)15(14)19(23)24/h3-4,7,9-11,14-15H,2,5-6,8H2,1H3,(H,21,22)(H,23,24). The second kappa shape index (κ2) is 7.43. The Kier molecular flexibility index (Phi) is 4.97. The summed E-state index contributed by atoms with van der Waals surface area (Å²) in [7, 11) is 0. The summed E-state index contributed by atoms with van der Waals surface area (Å²) in [6, 6.07) is 3.44. The maximum atomic E-state index is 13.0. The fraction of sp³-hybridized carbons (Fsp3) is 0.450. The average Bonchev–Trinajstić information content (AvgIpc) is 3.43. The van der Waals surface area contributed by atoms with Crippen molar-refractivity contribution in [2.45, 2.75) is 26.2 Å². The minimum Gasteiger partial charge on any atom is -0.481 e. The molecular formula is C20H21NO6S. The second-order valence-electron chi connectivity index (χ2n) is 7.26. The van der Waals surface area contributed by atoms with Crippen LogP contribution in [0.15, 0.2) is 28.2 Å². The fourth-order valence-electron chi connectivity index (χ4n) is 4.69. The number of hydrogen-bond acceptors (Lipinski definition) is 6. The van der Waals surface area contributed by atoms with Gasteiger partial charge in [-0.05, 0) is 50.2 Å². The number of carbonyl (C=O) groups excluding carboxylic acids is 2. The number of carbonyl (C=O) groups is 3. The number of rotatable bonds is 6. The summed E-state index contributed by atoms with van der Waals surface area (Å²) in [5.41, 5.74) is 0.789. The Morgan fingerprint density at radius 3 is 2.68 bits per heavy atom. The summed E-state index contributed by atoms with van der Waals surface area (Å²) in [5.74, 6) is -2.38. The van der Waals surface area contributed by atoms with Gasteiger partial charge in [-0.25, -0.2) is 4.79 Å². The van der Waals surface area contributed by atoms with Crippen LogP contribution in [0.4, 0.5) is 5.00 Å². The van der Waals surface area contributed by atoms with E-state index >= 15 is 0 Å². The number of nitrogens with one attached hydrogen (secondary N) is 1. The van der Waals surface area contributed by atoms with E-state index in [2.05, 4.69) is 5.32 Å². The van der Waals surface area contributed by atoms with Crippen LogP contribution in [0.3, 0.4) is 0 Å². The van der Waals surface area contributed by atoms with Crippen molar-refractivity contribution in [3.8, 4) is 11.3 Å². The number of anilines is 1. The maximum Gasteiger partial charge on any atom is 0.341 e. The number of furan rings is 1. The van der Waals surface area contributed by atoms with E-state index < -0.39 is 23.8 Å². The fourth-order valence-corrected chi connectivity index (χ4v) is 5.63. The highest BCUT2D eigenvalue weighted by Crippen LogP contribution is 2.53. The van der Waals surface area contributed by atoms with E-state index in [-0.39, 0.29) is 29.9 Å². The van der Waals surface area contributed by atoms with Gasteiger partial charge in [-0.1, -0.05) is 0 Å². The molecule has 2 aromatic heterocycles. The molecule has 2 N–H and O–H groups in total. The molecule has 2 heterocycles. The number of esters is 1. The molecule has 0 radical (unpaired) electrons. The summed E-state index contributed by atoms with van der Waals surface area (Å²) in [5, 5.41) is 14.5. The zero-order valence-corrected chi connectivity index (χ0v) is 16.2. The van der Waals surface area contributed by atoms with E-state index in [1.54, 1.807) is 24.4 Å². The van der Waals surface area contributed by atoms with E-state index in [0.29, 0.717) is 16.3 Å².